The number of aromatic nitrogens is 1. The maximum atomic E-state index is 12.4. The van der Waals surface area contributed by atoms with Crippen molar-refractivity contribution in [1.29, 1.82) is 0 Å². The zero-order valence-corrected chi connectivity index (χ0v) is 15.9. The number of unbranched alkanes of at least 4 members (excludes halogenated alkanes) is 1. The Morgan fingerprint density at radius 2 is 2.08 bits per heavy atom. The molecule has 0 aliphatic carbocycles. The molecule has 0 unspecified atom stereocenters. The van der Waals surface area contributed by atoms with Crippen LogP contribution in [0.25, 0.3) is 11.3 Å². The highest BCUT2D eigenvalue weighted by molar-refractivity contribution is 7.14. The lowest BCUT2D eigenvalue weighted by atomic mass is 9.98. The van der Waals surface area contributed by atoms with Gasteiger partial charge >= 0.3 is 0 Å². The number of benzene rings is 1. The molecule has 25 heavy (non-hydrogen) atoms. The second kappa shape index (κ2) is 9.99. The smallest absolute Gasteiger partial charge is 0.227 e. The highest BCUT2D eigenvalue weighted by atomic mass is 32.1. The van der Waals surface area contributed by atoms with Gasteiger partial charge in [-0.15, -0.1) is 17.9 Å². The van der Waals surface area contributed by atoms with Crippen molar-refractivity contribution in [2.75, 3.05) is 17.2 Å². The molecule has 2 aromatic rings. The molecule has 5 heteroatoms. The Bertz CT molecular complexity index is 679. The summed E-state index contributed by atoms with van der Waals surface area (Å²) in [5.41, 5.74) is 2.81. The highest BCUT2D eigenvalue weighted by Gasteiger charge is 2.15. The van der Waals surface area contributed by atoms with E-state index in [-0.39, 0.29) is 11.8 Å². The third kappa shape index (κ3) is 5.71. The molecule has 0 spiro atoms. The van der Waals surface area contributed by atoms with E-state index in [0.29, 0.717) is 6.54 Å². The Kier molecular flexibility index (Phi) is 7.67. The lowest BCUT2D eigenvalue weighted by Crippen LogP contribution is -2.22. The summed E-state index contributed by atoms with van der Waals surface area (Å²) < 4.78 is 0. The van der Waals surface area contributed by atoms with E-state index in [4.69, 9.17) is 0 Å². The van der Waals surface area contributed by atoms with Crippen LogP contribution in [0.15, 0.2) is 42.3 Å². The maximum Gasteiger partial charge on any atom is 0.227 e. The van der Waals surface area contributed by atoms with Gasteiger partial charge in [0.2, 0.25) is 5.91 Å². The maximum absolute atomic E-state index is 12.4. The summed E-state index contributed by atoms with van der Waals surface area (Å²) in [5.74, 6) is 0.213. The first-order valence-electron chi connectivity index (χ1n) is 8.89. The Morgan fingerprint density at radius 1 is 1.32 bits per heavy atom. The van der Waals surface area contributed by atoms with Crippen LogP contribution in [0.2, 0.25) is 0 Å². The van der Waals surface area contributed by atoms with E-state index in [1.807, 2.05) is 35.7 Å². The molecular formula is C20H27N3OS. The standard InChI is InChI=1S/C20H27N3OS/c1-4-7-8-15(6-3)19(24)22-17-11-9-16(10-12-17)18-14-25-20(23-18)21-13-5-2/h5,9-12,14-15H,2,4,6-8,13H2,1,3H3,(H,21,23)(H,22,24)/t15-/m1/s1. The van der Waals surface area contributed by atoms with Crippen molar-refractivity contribution < 1.29 is 4.79 Å². The minimum Gasteiger partial charge on any atom is -0.358 e. The molecule has 0 saturated carbocycles. The quantitative estimate of drug-likeness (QED) is 0.547. The molecule has 1 atom stereocenters. The number of nitrogens with zero attached hydrogens (tertiary/aromatic N) is 1. The van der Waals surface area contributed by atoms with Crippen LogP contribution in [0.3, 0.4) is 0 Å². The molecule has 1 aromatic heterocycles. The predicted octanol–water partition coefficient (Wildman–Crippen LogP) is 5.56. The second-order valence-corrected chi connectivity index (χ2v) is 6.88. The van der Waals surface area contributed by atoms with Crippen molar-refractivity contribution in [2.24, 2.45) is 5.92 Å². The van der Waals surface area contributed by atoms with E-state index < -0.39 is 0 Å². The fourth-order valence-corrected chi connectivity index (χ4v) is 3.32. The molecule has 0 aliphatic rings. The fraction of sp³-hybridized carbons (Fsp3) is 0.400. The summed E-state index contributed by atoms with van der Waals surface area (Å²) in [6.07, 6.45) is 5.86. The molecule has 1 amide bonds. The van der Waals surface area contributed by atoms with Gasteiger partial charge in [-0.2, -0.15) is 0 Å². The van der Waals surface area contributed by atoms with Gasteiger partial charge in [0.1, 0.15) is 0 Å². The molecular weight excluding hydrogens is 330 g/mol. The minimum atomic E-state index is 0.0941. The summed E-state index contributed by atoms with van der Waals surface area (Å²) in [4.78, 5) is 16.9. The zero-order valence-electron chi connectivity index (χ0n) is 15.0. The first kappa shape index (κ1) is 19.2. The minimum absolute atomic E-state index is 0.0941. The van der Waals surface area contributed by atoms with Crippen molar-refractivity contribution >= 4 is 28.1 Å². The van der Waals surface area contributed by atoms with E-state index in [2.05, 4.69) is 36.0 Å². The second-order valence-electron chi connectivity index (χ2n) is 6.02. The van der Waals surface area contributed by atoms with Crippen LogP contribution >= 0.6 is 11.3 Å². The molecule has 0 fully saturated rings. The molecule has 134 valence electrons. The molecule has 4 nitrogen and oxygen atoms in total. The first-order valence-corrected chi connectivity index (χ1v) is 9.77. The van der Waals surface area contributed by atoms with Gasteiger partial charge in [-0.3, -0.25) is 4.79 Å². The van der Waals surface area contributed by atoms with E-state index in [1.165, 1.54) is 0 Å². The van der Waals surface area contributed by atoms with Crippen molar-refractivity contribution in [2.45, 2.75) is 39.5 Å². The van der Waals surface area contributed by atoms with E-state index in [0.717, 1.165) is 47.8 Å². The number of rotatable bonds is 10. The molecule has 0 radical (unpaired) electrons. The summed E-state index contributed by atoms with van der Waals surface area (Å²) in [6, 6.07) is 7.87. The van der Waals surface area contributed by atoms with Gasteiger partial charge in [0.05, 0.1) is 5.69 Å². The molecule has 2 N–H and O–H groups in total. The van der Waals surface area contributed by atoms with E-state index in [1.54, 1.807) is 11.3 Å². The molecule has 0 bridgehead atoms. The molecule has 1 aromatic carbocycles. The monoisotopic (exact) mass is 357 g/mol. The largest absolute Gasteiger partial charge is 0.358 e. The number of anilines is 2. The van der Waals surface area contributed by atoms with Crippen LogP contribution in [0.1, 0.15) is 39.5 Å². The predicted molar refractivity (Wildman–Crippen MR) is 108 cm³/mol. The molecule has 1 heterocycles. The van der Waals surface area contributed by atoms with Gasteiger partial charge in [-0.25, -0.2) is 4.98 Å². The van der Waals surface area contributed by atoms with Crippen LogP contribution in [0.4, 0.5) is 10.8 Å². The summed E-state index contributed by atoms with van der Waals surface area (Å²) in [6.45, 7) is 8.62. The van der Waals surface area contributed by atoms with Crippen LogP contribution in [0, 0.1) is 5.92 Å². The van der Waals surface area contributed by atoms with Crippen LogP contribution in [-0.2, 0) is 4.79 Å². The SMILES string of the molecule is C=CCNc1nc(-c2ccc(NC(=O)[C@H](CC)CCCC)cc2)cs1. The summed E-state index contributed by atoms with van der Waals surface area (Å²) in [7, 11) is 0. The number of hydrogen-bond acceptors (Lipinski definition) is 4. The van der Waals surface area contributed by atoms with Crippen LogP contribution in [-0.4, -0.2) is 17.4 Å². The normalized spacial score (nSPS) is 11.8. The Balaban J connectivity index is 1.98. The highest BCUT2D eigenvalue weighted by Crippen LogP contribution is 2.26. The van der Waals surface area contributed by atoms with Crippen molar-refractivity contribution in [1.82, 2.24) is 4.98 Å². The van der Waals surface area contributed by atoms with Gasteiger partial charge in [0.15, 0.2) is 5.13 Å². The van der Waals surface area contributed by atoms with Crippen molar-refractivity contribution in [3.8, 4) is 11.3 Å². The summed E-state index contributed by atoms with van der Waals surface area (Å²) in [5, 5.41) is 9.13. The van der Waals surface area contributed by atoms with E-state index in [9.17, 15) is 4.79 Å². The third-order valence-corrected chi connectivity index (χ3v) is 4.92. The number of carbonyl (C=O) groups excluding carboxylic acids is 1. The lowest BCUT2D eigenvalue weighted by molar-refractivity contribution is -0.120. The average Bonchev–Trinajstić information content (AvgIpc) is 3.10. The Hall–Kier alpha value is -2.14. The molecule has 2 rings (SSSR count). The number of amides is 1. The van der Waals surface area contributed by atoms with Gasteiger partial charge in [-0.1, -0.05) is 44.9 Å². The van der Waals surface area contributed by atoms with Gasteiger partial charge in [-0.05, 0) is 25.0 Å². The third-order valence-electron chi connectivity index (χ3n) is 4.12. The van der Waals surface area contributed by atoms with Crippen LogP contribution < -0.4 is 10.6 Å². The van der Waals surface area contributed by atoms with Crippen molar-refractivity contribution in [3.05, 3.63) is 42.3 Å². The lowest BCUT2D eigenvalue weighted by Gasteiger charge is -2.14. The first-order chi connectivity index (χ1) is 12.2. The average molecular weight is 358 g/mol. The Morgan fingerprint density at radius 3 is 2.72 bits per heavy atom. The van der Waals surface area contributed by atoms with E-state index >= 15 is 0 Å². The zero-order chi connectivity index (χ0) is 18.1. The van der Waals surface area contributed by atoms with Gasteiger partial charge < -0.3 is 10.6 Å². The van der Waals surface area contributed by atoms with Crippen molar-refractivity contribution in [3.63, 3.8) is 0 Å². The number of hydrogen-bond donors (Lipinski definition) is 2. The number of carbonyl (C=O) groups is 1. The van der Waals surface area contributed by atoms with Crippen LogP contribution in [0.5, 0.6) is 0 Å². The summed E-state index contributed by atoms with van der Waals surface area (Å²) >= 11 is 1.57. The number of nitrogens with one attached hydrogen (secondary N) is 2. The Labute approximate surface area is 154 Å². The number of thiazole rings is 1. The van der Waals surface area contributed by atoms with Gasteiger partial charge in [0.25, 0.3) is 0 Å². The fourth-order valence-electron chi connectivity index (χ4n) is 2.59. The molecule has 0 aliphatic heterocycles. The molecule has 0 saturated heterocycles. The topological polar surface area (TPSA) is 54.0 Å². The van der Waals surface area contributed by atoms with Gasteiger partial charge in [0, 0.05) is 29.1 Å².